The molecule has 5 atom stereocenters. The molecule has 142 valence electrons. The van der Waals surface area contributed by atoms with Crippen LogP contribution in [0.1, 0.15) is 79.6 Å². The Morgan fingerprint density at radius 3 is 2.52 bits per heavy atom. The molecule has 25 heavy (non-hydrogen) atoms. The molecule has 2 aliphatic heterocycles. The van der Waals surface area contributed by atoms with E-state index < -0.39 is 19.8 Å². The largest absolute Gasteiger partial charge is 0.0683 e. The molecule has 0 radical (unpaired) electrons. The summed E-state index contributed by atoms with van der Waals surface area (Å²) in [5.41, 5.74) is 3.94. The topological polar surface area (TPSA) is 17.1 Å². The fourth-order valence-electron chi connectivity index (χ4n) is 6.29. The summed E-state index contributed by atoms with van der Waals surface area (Å²) < 4.78 is 3.46. The predicted molar refractivity (Wildman–Crippen MR) is 118 cm³/mol. The van der Waals surface area contributed by atoms with Crippen molar-refractivity contribution in [1.82, 2.24) is 0 Å². The summed E-state index contributed by atoms with van der Waals surface area (Å²) in [6.45, 7) is 15.2. The van der Waals surface area contributed by atoms with Gasteiger partial charge in [-0.05, 0) is 0 Å². The second-order valence-corrected chi connectivity index (χ2v) is 15.4. The van der Waals surface area contributed by atoms with Gasteiger partial charge in [-0.2, -0.15) is 0 Å². The number of carbonyl (C=O) groups is 1. The number of carbonyl (C=O) groups excluding carboxylic acids is 1. The Bertz CT molecular complexity index is 591. The fourth-order valence-corrected chi connectivity index (χ4v) is 17.4. The van der Waals surface area contributed by atoms with Crippen molar-refractivity contribution in [2.45, 2.75) is 87.4 Å². The Morgan fingerprint density at radius 1 is 1.12 bits per heavy atom. The van der Waals surface area contributed by atoms with Crippen LogP contribution in [-0.4, -0.2) is 18.1 Å². The van der Waals surface area contributed by atoms with E-state index in [0.29, 0.717) is 22.5 Å². The van der Waals surface area contributed by atoms with E-state index in [1.165, 1.54) is 54.9 Å². The van der Waals surface area contributed by atoms with Gasteiger partial charge in [-0.15, -0.1) is 0 Å². The molecule has 0 aromatic carbocycles. The first-order chi connectivity index (χ1) is 11.9. The Hall–Kier alpha value is -0.120. The zero-order valence-electron chi connectivity index (χ0n) is 17.0. The third kappa shape index (κ3) is 2.99. The molecule has 2 heterocycles. The maximum absolute atomic E-state index is 12.2. The Balaban J connectivity index is 0.000000880. The number of Topliss-reactive ketones (excluding diaryl/α,β-unsaturated/α-hetero) is 1. The summed E-state index contributed by atoms with van der Waals surface area (Å²) in [6, 6.07) is 0. The van der Waals surface area contributed by atoms with E-state index in [4.69, 9.17) is 0 Å². The van der Waals surface area contributed by atoms with Gasteiger partial charge in [-0.25, -0.2) is 0 Å². The van der Waals surface area contributed by atoms with Crippen LogP contribution in [0.2, 0.25) is 0 Å². The number of rotatable bonds is 1. The van der Waals surface area contributed by atoms with Crippen LogP contribution in [0, 0.1) is 16.7 Å². The molecule has 0 spiro atoms. The summed E-state index contributed by atoms with van der Waals surface area (Å²) in [6.07, 6.45) is 11.6. The molecule has 1 nitrogen and oxygen atoms in total. The minimum absolute atomic E-state index is 0.364. The molecule has 0 N–H and O–H groups in total. The van der Waals surface area contributed by atoms with Crippen molar-refractivity contribution in [3.63, 3.8) is 0 Å². The Labute approximate surface area is 162 Å². The standard InChI is InChI=1S/C21H31IO.C2H6/c1-14-7-10-20(3)16(13-14)9-12-22-18-6-5-17(15(2)23)21(18,4)11-8-19(20)22;1-2/h13,17-19H,1,5-12H2,2-4H3;1-2H3. The van der Waals surface area contributed by atoms with Crippen molar-refractivity contribution >= 4 is 25.6 Å². The maximum atomic E-state index is 12.2. The summed E-state index contributed by atoms with van der Waals surface area (Å²) in [5.74, 6) is 0.851. The molecule has 2 aliphatic carbocycles. The number of ketones is 1. The molecular formula is C23H37IO. The molecule has 4 rings (SSSR count). The van der Waals surface area contributed by atoms with Gasteiger partial charge in [0.05, 0.1) is 0 Å². The van der Waals surface area contributed by atoms with Crippen LogP contribution in [-0.2, 0) is 4.79 Å². The van der Waals surface area contributed by atoms with Crippen molar-refractivity contribution in [2.24, 2.45) is 16.7 Å². The van der Waals surface area contributed by atoms with Crippen LogP contribution < -0.4 is 0 Å². The van der Waals surface area contributed by atoms with Crippen LogP contribution in [0.15, 0.2) is 23.8 Å². The molecule has 2 saturated heterocycles. The molecule has 0 aromatic heterocycles. The first-order valence-electron chi connectivity index (χ1n) is 10.4. The molecule has 4 aliphatic rings. The summed E-state index contributed by atoms with van der Waals surface area (Å²) in [7, 11) is 0. The SMILES string of the molecule is C=C1C=C2CCI3C(CCC4(C)C(C(C)=O)CCC34)C2(C)CC1.CC. The second-order valence-electron chi connectivity index (χ2n) is 8.84. The smallest absolute Gasteiger partial charge is 0.0683 e. The maximum Gasteiger partial charge on any atom is -0.0683 e. The van der Waals surface area contributed by atoms with Gasteiger partial charge in [-0.1, -0.05) is 13.8 Å². The van der Waals surface area contributed by atoms with E-state index in [9.17, 15) is 4.79 Å². The monoisotopic (exact) mass is 456 g/mol. The first kappa shape index (κ1) is 19.6. The molecule has 0 aromatic rings. The quantitative estimate of drug-likeness (QED) is 0.315. The van der Waals surface area contributed by atoms with Gasteiger partial charge in [0.2, 0.25) is 0 Å². The number of hydrogen-bond donors (Lipinski definition) is 0. The summed E-state index contributed by atoms with van der Waals surface area (Å²) in [4.78, 5) is 12.2. The van der Waals surface area contributed by atoms with Crippen LogP contribution in [0.5, 0.6) is 0 Å². The Kier molecular flexibility index (Phi) is 5.60. The zero-order valence-corrected chi connectivity index (χ0v) is 19.1. The van der Waals surface area contributed by atoms with Crippen molar-refractivity contribution in [3.05, 3.63) is 23.8 Å². The van der Waals surface area contributed by atoms with E-state index in [2.05, 4.69) is 26.5 Å². The number of alkyl halides is 3. The molecule has 0 amide bonds. The zero-order chi connectivity index (χ0) is 18.4. The minimum atomic E-state index is -1.01. The minimum Gasteiger partial charge on any atom is -0.0683 e. The van der Waals surface area contributed by atoms with E-state index in [0.717, 1.165) is 7.85 Å². The first-order valence-corrected chi connectivity index (χ1v) is 14.4. The number of fused-ring (bicyclic) bond motifs is 5. The number of allylic oxidation sites excluding steroid dienone is 3. The van der Waals surface area contributed by atoms with Gasteiger partial charge in [0.15, 0.2) is 0 Å². The normalized spacial score (nSPS) is 43.9. The molecule has 3 fully saturated rings. The van der Waals surface area contributed by atoms with E-state index in [1.54, 1.807) is 5.57 Å². The fraction of sp³-hybridized carbons (Fsp3) is 0.783. The van der Waals surface area contributed by atoms with Gasteiger partial charge >= 0.3 is 149 Å². The van der Waals surface area contributed by atoms with Crippen molar-refractivity contribution in [2.75, 3.05) is 4.43 Å². The molecule has 2 heteroatoms. The average molecular weight is 456 g/mol. The molecular weight excluding hydrogens is 419 g/mol. The van der Waals surface area contributed by atoms with E-state index in [-0.39, 0.29) is 0 Å². The van der Waals surface area contributed by atoms with Gasteiger partial charge in [0.25, 0.3) is 0 Å². The Morgan fingerprint density at radius 2 is 1.84 bits per heavy atom. The van der Waals surface area contributed by atoms with Crippen molar-refractivity contribution in [3.8, 4) is 0 Å². The summed E-state index contributed by atoms with van der Waals surface area (Å²) >= 11 is -1.01. The van der Waals surface area contributed by atoms with Gasteiger partial charge in [0, 0.05) is 0 Å². The summed E-state index contributed by atoms with van der Waals surface area (Å²) in [5, 5.41) is 0. The molecule has 0 bridgehead atoms. The third-order valence-electron chi connectivity index (χ3n) is 7.68. The number of halogens is 1. The molecule has 1 saturated carbocycles. The predicted octanol–water partition coefficient (Wildman–Crippen LogP) is 6.74. The van der Waals surface area contributed by atoms with Crippen LogP contribution in [0.25, 0.3) is 0 Å². The molecule has 5 unspecified atom stereocenters. The van der Waals surface area contributed by atoms with Gasteiger partial charge in [-0.3, -0.25) is 0 Å². The van der Waals surface area contributed by atoms with Crippen molar-refractivity contribution < 1.29 is 4.79 Å². The average Bonchev–Trinajstić information content (AvgIpc) is 2.95. The number of hydrogen-bond acceptors (Lipinski definition) is 1. The van der Waals surface area contributed by atoms with Crippen LogP contribution in [0.3, 0.4) is 0 Å². The third-order valence-corrected chi connectivity index (χ3v) is 17.4. The van der Waals surface area contributed by atoms with E-state index in [1.807, 2.05) is 20.8 Å². The van der Waals surface area contributed by atoms with Crippen LogP contribution in [0.4, 0.5) is 0 Å². The van der Waals surface area contributed by atoms with Gasteiger partial charge in [0.1, 0.15) is 0 Å². The van der Waals surface area contributed by atoms with Gasteiger partial charge < -0.3 is 0 Å². The van der Waals surface area contributed by atoms with Crippen LogP contribution >= 0.6 is 19.8 Å². The van der Waals surface area contributed by atoms with E-state index >= 15 is 0 Å². The van der Waals surface area contributed by atoms with Crippen molar-refractivity contribution in [1.29, 1.82) is 0 Å². The second kappa shape index (κ2) is 7.13.